The molecule has 1 heterocycles. The molecule has 2 aromatic carbocycles. The van der Waals surface area contributed by atoms with E-state index in [0.717, 1.165) is 0 Å². The van der Waals surface area contributed by atoms with Gasteiger partial charge in [-0.3, -0.25) is 9.78 Å². The van der Waals surface area contributed by atoms with Crippen molar-refractivity contribution >= 4 is 28.1 Å². The molecule has 134 valence electrons. The zero-order valence-corrected chi connectivity index (χ0v) is 14.5. The van der Waals surface area contributed by atoms with Crippen LogP contribution in [0.2, 0.25) is 0 Å². The third-order valence-corrected chi connectivity index (χ3v) is 4.07. The first-order chi connectivity index (χ1) is 12.5. The topological polar surface area (TPSA) is 71.5 Å². The summed E-state index contributed by atoms with van der Waals surface area (Å²) < 4.78 is 19.0. The lowest BCUT2D eigenvalue weighted by Gasteiger charge is -2.15. The third kappa shape index (κ3) is 3.44. The van der Waals surface area contributed by atoms with Crippen LogP contribution in [0.15, 0.2) is 42.6 Å². The monoisotopic (exact) mass is 354 g/mol. The minimum atomic E-state index is -0.743. The molecule has 6 heteroatoms. The normalized spacial score (nSPS) is 10.7. The number of carbonyl (C=O) groups excluding carboxylic acids is 1. The molecule has 0 radical (unpaired) electrons. The Hall–Kier alpha value is -3.15. The van der Waals surface area contributed by atoms with E-state index in [1.54, 1.807) is 31.4 Å². The van der Waals surface area contributed by atoms with Gasteiger partial charge in [-0.1, -0.05) is 6.92 Å². The Morgan fingerprint density at radius 2 is 2.08 bits per heavy atom. The number of Topliss-reactive ketones (excluding diaryl/α,β-unsaturated/α-hetero) is 1. The van der Waals surface area contributed by atoms with Gasteiger partial charge in [0.25, 0.3) is 0 Å². The van der Waals surface area contributed by atoms with Gasteiger partial charge in [0.1, 0.15) is 5.75 Å². The summed E-state index contributed by atoms with van der Waals surface area (Å²) in [6.45, 7) is 1.93. The average Bonchev–Trinajstić information content (AvgIpc) is 2.64. The molecule has 0 bridgehead atoms. The predicted molar refractivity (Wildman–Crippen MR) is 98.9 cm³/mol. The zero-order valence-electron chi connectivity index (χ0n) is 14.5. The second-order valence-corrected chi connectivity index (χ2v) is 5.89. The highest BCUT2D eigenvalue weighted by atomic mass is 19.1. The Balaban J connectivity index is 2.18. The first-order valence-corrected chi connectivity index (χ1v) is 8.29. The number of nitrogens with zero attached hydrogens (tertiary/aromatic N) is 1. The Bertz CT molecular complexity index is 973. The number of hydrogen-bond donors (Lipinski definition) is 2. The van der Waals surface area contributed by atoms with E-state index in [1.807, 2.05) is 6.92 Å². The molecule has 1 aromatic heterocycles. The molecule has 0 aliphatic carbocycles. The van der Waals surface area contributed by atoms with Crippen LogP contribution in [-0.2, 0) is 0 Å². The van der Waals surface area contributed by atoms with Crippen molar-refractivity contribution in [2.45, 2.75) is 19.8 Å². The number of nitrogens with one attached hydrogen (secondary N) is 1. The number of benzene rings is 2. The summed E-state index contributed by atoms with van der Waals surface area (Å²) in [6.07, 6.45) is 2.63. The van der Waals surface area contributed by atoms with Crippen LogP contribution in [0.3, 0.4) is 0 Å². The number of ketones is 1. The molecule has 26 heavy (non-hydrogen) atoms. The number of carbonyl (C=O) groups is 1. The molecule has 5 nitrogen and oxygen atoms in total. The van der Waals surface area contributed by atoms with Gasteiger partial charge in [-0.25, -0.2) is 4.39 Å². The Morgan fingerprint density at radius 3 is 2.77 bits per heavy atom. The van der Waals surface area contributed by atoms with Gasteiger partial charge in [-0.2, -0.15) is 0 Å². The van der Waals surface area contributed by atoms with E-state index in [4.69, 9.17) is 4.74 Å². The van der Waals surface area contributed by atoms with Gasteiger partial charge in [0.15, 0.2) is 17.3 Å². The number of ether oxygens (including phenoxy) is 1. The summed E-state index contributed by atoms with van der Waals surface area (Å²) in [4.78, 5) is 16.9. The molecule has 0 spiro atoms. The third-order valence-electron chi connectivity index (χ3n) is 4.07. The first kappa shape index (κ1) is 17.7. The molecule has 0 atom stereocenters. The Morgan fingerprint density at radius 1 is 1.27 bits per heavy atom. The maximum atomic E-state index is 13.7. The number of rotatable bonds is 6. The van der Waals surface area contributed by atoms with Crippen molar-refractivity contribution in [2.24, 2.45) is 0 Å². The van der Waals surface area contributed by atoms with Crippen molar-refractivity contribution in [3.05, 3.63) is 54.0 Å². The van der Waals surface area contributed by atoms with Crippen LogP contribution in [-0.4, -0.2) is 23.0 Å². The van der Waals surface area contributed by atoms with Crippen molar-refractivity contribution in [3.63, 3.8) is 0 Å². The number of aromatic nitrogens is 1. The average molecular weight is 354 g/mol. The Labute approximate surface area is 150 Å². The summed E-state index contributed by atoms with van der Waals surface area (Å²) in [7, 11) is 1.56. The molecule has 0 aliphatic heterocycles. The zero-order chi connectivity index (χ0) is 18.7. The summed E-state index contributed by atoms with van der Waals surface area (Å²) in [5, 5.41) is 13.2. The lowest BCUT2D eigenvalue weighted by molar-refractivity contribution is 0.0982. The van der Waals surface area contributed by atoms with Gasteiger partial charge >= 0.3 is 0 Å². The SMILES string of the molecule is CCCC(=O)c1cnc2ccc(OC)cc2c1Nc1ccc(O)c(F)c1. The van der Waals surface area contributed by atoms with Gasteiger partial charge in [0, 0.05) is 29.8 Å². The van der Waals surface area contributed by atoms with Gasteiger partial charge in [0.05, 0.1) is 23.9 Å². The fraction of sp³-hybridized carbons (Fsp3) is 0.200. The second-order valence-electron chi connectivity index (χ2n) is 5.89. The molecule has 0 unspecified atom stereocenters. The van der Waals surface area contributed by atoms with Crippen LogP contribution < -0.4 is 10.1 Å². The van der Waals surface area contributed by atoms with E-state index >= 15 is 0 Å². The maximum Gasteiger partial charge on any atom is 0.166 e. The summed E-state index contributed by atoms with van der Waals surface area (Å²) in [5.74, 6) is -0.600. The quantitative estimate of drug-likeness (QED) is 0.491. The van der Waals surface area contributed by atoms with Crippen LogP contribution in [0.4, 0.5) is 15.8 Å². The van der Waals surface area contributed by atoms with Crippen LogP contribution in [0.5, 0.6) is 11.5 Å². The van der Waals surface area contributed by atoms with Crippen molar-refractivity contribution < 1.29 is 19.0 Å². The lowest BCUT2D eigenvalue weighted by Crippen LogP contribution is -2.06. The van der Waals surface area contributed by atoms with Crippen molar-refractivity contribution in [2.75, 3.05) is 12.4 Å². The van der Waals surface area contributed by atoms with Crippen LogP contribution in [0, 0.1) is 5.82 Å². The molecule has 0 aliphatic rings. The standard InChI is InChI=1S/C20H19FN2O3/c1-3-4-18(24)15-11-22-17-7-6-13(26-2)10-14(17)20(15)23-12-5-8-19(25)16(21)9-12/h5-11,25H,3-4H2,1-2H3,(H,22,23). The minimum absolute atomic E-state index is 0.0496. The molecular formula is C20H19FN2O3. The first-order valence-electron chi connectivity index (χ1n) is 8.29. The summed E-state index contributed by atoms with van der Waals surface area (Å²) in [5.41, 5.74) is 2.07. The Kier molecular flexibility index (Phi) is 5.02. The lowest BCUT2D eigenvalue weighted by atomic mass is 10.0. The van der Waals surface area contributed by atoms with Crippen molar-refractivity contribution in [3.8, 4) is 11.5 Å². The van der Waals surface area contributed by atoms with Crippen molar-refractivity contribution in [1.82, 2.24) is 4.98 Å². The molecule has 0 saturated heterocycles. The van der Waals surface area contributed by atoms with E-state index in [1.165, 1.54) is 18.3 Å². The fourth-order valence-electron chi connectivity index (χ4n) is 2.74. The van der Waals surface area contributed by atoms with Gasteiger partial charge < -0.3 is 15.2 Å². The summed E-state index contributed by atoms with van der Waals surface area (Å²) >= 11 is 0. The molecule has 3 rings (SSSR count). The van der Waals surface area contributed by atoms with Crippen LogP contribution in [0.25, 0.3) is 10.9 Å². The predicted octanol–water partition coefficient (Wildman–Crippen LogP) is 4.81. The van der Waals surface area contributed by atoms with Gasteiger partial charge in [-0.05, 0) is 36.8 Å². The smallest absolute Gasteiger partial charge is 0.166 e. The number of phenolic OH excluding ortho intramolecular Hbond substituents is 1. The molecular weight excluding hydrogens is 335 g/mol. The number of aromatic hydroxyl groups is 1. The number of halogens is 1. The summed E-state index contributed by atoms with van der Waals surface area (Å²) in [6, 6.07) is 9.34. The highest BCUT2D eigenvalue weighted by Crippen LogP contribution is 2.33. The van der Waals surface area contributed by atoms with E-state index < -0.39 is 11.6 Å². The number of hydrogen-bond acceptors (Lipinski definition) is 5. The maximum absolute atomic E-state index is 13.7. The number of anilines is 2. The fourth-order valence-corrected chi connectivity index (χ4v) is 2.74. The number of methoxy groups -OCH3 is 1. The number of phenols is 1. The molecule has 2 N–H and O–H groups in total. The van der Waals surface area contributed by atoms with Crippen LogP contribution >= 0.6 is 0 Å². The van der Waals surface area contributed by atoms with E-state index in [0.29, 0.717) is 46.4 Å². The number of fused-ring (bicyclic) bond motifs is 1. The highest BCUT2D eigenvalue weighted by Gasteiger charge is 2.16. The largest absolute Gasteiger partial charge is 0.505 e. The van der Waals surface area contributed by atoms with Crippen LogP contribution in [0.1, 0.15) is 30.1 Å². The minimum Gasteiger partial charge on any atom is -0.505 e. The molecule has 0 saturated carbocycles. The number of pyridine rings is 1. The highest BCUT2D eigenvalue weighted by molar-refractivity contribution is 6.09. The van der Waals surface area contributed by atoms with E-state index in [-0.39, 0.29) is 5.78 Å². The molecule has 3 aromatic rings. The molecule has 0 amide bonds. The van der Waals surface area contributed by atoms with Gasteiger partial charge in [-0.15, -0.1) is 0 Å². The second kappa shape index (κ2) is 7.39. The van der Waals surface area contributed by atoms with E-state index in [2.05, 4.69) is 10.3 Å². The van der Waals surface area contributed by atoms with E-state index in [9.17, 15) is 14.3 Å². The van der Waals surface area contributed by atoms with Gasteiger partial charge in [0.2, 0.25) is 0 Å². The molecule has 0 fully saturated rings. The van der Waals surface area contributed by atoms with Crippen molar-refractivity contribution in [1.29, 1.82) is 0 Å².